The summed E-state index contributed by atoms with van der Waals surface area (Å²) in [6, 6.07) is 6.86. The van der Waals surface area contributed by atoms with Gasteiger partial charge in [0.25, 0.3) is 0 Å². The van der Waals surface area contributed by atoms with Gasteiger partial charge in [-0.15, -0.1) is 0 Å². The van der Waals surface area contributed by atoms with Crippen LogP contribution in [0.4, 0.5) is 8.78 Å². The third kappa shape index (κ3) is 3.42. The third-order valence-electron chi connectivity index (χ3n) is 3.61. The molecule has 2 unspecified atom stereocenters. The van der Waals surface area contributed by atoms with Crippen LogP contribution in [0.15, 0.2) is 24.3 Å². The maximum atomic E-state index is 12.4. The Balaban J connectivity index is 2.22. The molecule has 1 aromatic rings. The number of alkyl halides is 2. The van der Waals surface area contributed by atoms with Crippen molar-refractivity contribution in [1.29, 1.82) is 0 Å². The lowest BCUT2D eigenvalue weighted by Crippen LogP contribution is -2.32. The minimum absolute atomic E-state index is 0.0556. The van der Waals surface area contributed by atoms with Gasteiger partial charge in [-0.05, 0) is 24.9 Å². The maximum absolute atomic E-state index is 12.4. The van der Waals surface area contributed by atoms with E-state index in [9.17, 15) is 8.78 Å². The van der Waals surface area contributed by atoms with E-state index in [0.29, 0.717) is 12.5 Å². The molecule has 19 heavy (non-hydrogen) atoms. The molecule has 1 aliphatic heterocycles. The molecule has 106 valence electrons. The fourth-order valence-corrected chi connectivity index (χ4v) is 2.68. The van der Waals surface area contributed by atoms with Crippen molar-refractivity contribution in [1.82, 2.24) is 4.90 Å². The number of benzene rings is 1. The molecule has 5 heteroatoms. The largest absolute Gasteiger partial charge is 0.434 e. The summed E-state index contributed by atoms with van der Waals surface area (Å²) < 4.78 is 29.5. The highest BCUT2D eigenvalue weighted by molar-refractivity contribution is 5.36. The zero-order valence-electron chi connectivity index (χ0n) is 11.1. The van der Waals surface area contributed by atoms with Gasteiger partial charge in [-0.3, -0.25) is 4.90 Å². The van der Waals surface area contributed by atoms with Gasteiger partial charge in [-0.2, -0.15) is 8.78 Å². The first-order chi connectivity index (χ1) is 9.11. The van der Waals surface area contributed by atoms with Crippen molar-refractivity contribution < 1.29 is 13.5 Å². The zero-order valence-corrected chi connectivity index (χ0v) is 11.1. The second-order valence-corrected chi connectivity index (χ2v) is 5.06. The van der Waals surface area contributed by atoms with E-state index in [1.165, 1.54) is 0 Å². The summed E-state index contributed by atoms with van der Waals surface area (Å²) in [4.78, 5) is 2.25. The number of rotatable bonds is 5. The minimum Gasteiger partial charge on any atom is -0.434 e. The van der Waals surface area contributed by atoms with Crippen LogP contribution in [0.1, 0.15) is 24.9 Å². The zero-order chi connectivity index (χ0) is 13.8. The van der Waals surface area contributed by atoms with Gasteiger partial charge in [0.15, 0.2) is 0 Å². The molecule has 3 nitrogen and oxygen atoms in total. The monoisotopic (exact) mass is 270 g/mol. The molecule has 0 bridgehead atoms. The van der Waals surface area contributed by atoms with E-state index in [2.05, 4.69) is 16.6 Å². The summed E-state index contributed by atoms with van der Waals surface area (Å²) in [5, 5.41) is 0. The van der Waals surface area contributed by atoms with Crippen LogP contribution >= 0.6 is 0 Å². The van der Waals surface area contributed by atoms with Crippen molar-refractivity contribution in [3.8, 4) is 5.75 Å². The fourth-order valence-electron chi connectivity index (χ4n) is 2.68. The Bertz CT molecular complexity index is 414. The molecule has 0 radical (unpaired) electrons. The number of nitrogens with zero attached hydrogens (tertiary/aromatic N) is 1. The predicted molar refractivity (Wildman–Crippen MR) is 70.2 cm³/mol. The lowest BCUT2D eigenvalue weighted by atomic mass is 10.0. The average Bonchev–Trinajstić information content (AvgIpc) is 2.78. The van der Waals surface area contributed by atoms with Crippen molar-refractivity contribution in [3.63, 3.8) is 0 Å². The number of halogens is 2. The SMILES string of the molecule is CC1CCN(C(CN)c2ccccc2OC(F)F)C1. The first-order valence-corrected chi connectivity index (χ1v) is 6.59. The Morgan fingerprint density at radius 2 is 2.16 bits per heavy atom. The molecule has 1 aliphatic rings. The summed E-state index contributed by atoms with van der Waals surface area (Å²) in [5.74, 6) is 0.852. The normalized spacial score (nSPS) is 21.8. The third-order valence-corrected chi connectivity index (χ3v) is 3.61. The highest BCUT2D eigenvalue weighted by Crippen LogP contribution is 2.32. The first-order valence-electron chi connectivity index (χ1n) is 6.59. The lowest BCUT2D eigenvalue weighted by molar-refractivity contribution is -0.0511. The number of para-hydroxylation sites is 1. The Kier molecular flexibility index (Phi) is 4.71. The van der Waals surface area contributed by atoms with Crippen LogP contribution in [0.5, 0.6) is 5.75 Å². The molecule has 0 aromatic heterocycles. The molecule has 2 N–H and O–H groups in total. The summed E-state index contributed by atoms with van der Waals surface area (Å²) in [7, 11) is 0. The molecule has 1 saturated heterocycles. The number of ether oxygens (including phenoxy) is 1. The van der Waals surface area contributed by atoms with Gasteiger partial charge in [0.2, 0.25) is 0 Å². The summed E-state index contributed by atoms with van der Waals surface area (Å²) in [6.45, 7) is 1.68. The van der Waals surface area contributed by atoms with Crippen molar-refractivity contribution in [3.05, 3.63) is 29.8 Å². The number of hydrogen-bond acceptors (Lipinski definition) is 3. The van der Waals surface area contributed by atoms with Gasteiger partial charge in [0, 0.05) is 18.7 Å². The van der Waals surface area contributed by atoms with E-state index >= 15 is 0 Å². The average molecular weight is 270 g/mol. The molecular weight excluding hydrogens is 250 g/mol. The topological polar surface area (TPSA) is 38.5 Å². The molecule has 0 saturated carbocycles. The van der Waals surface area contributed by atoms with E-state index in [4.69, 9.17) is 5.73 Å². The van der Waals surface area contributed by atoms with Crippen LogP contribution in [-0.4, -0.2) is 31.1 Å². The Morgan fingerprint density at radius 3 is 2.74 bits per heavy atom. The smallest absolute Gasteiger partial charge is 0.387 e. The standard InChI is InChI=1S/C14H20F2N2O/c1-10-6-7-18(9-10)12(8-17)11-4-2-3-5-13(11)19-14(15)16/h2-5,10,12,14H,6-9,17H2,1H3. The Hall–Kier alpha value is -1.20. The number of nitrogens with two attached hydrogens (primary N) is 1. The van der Waals surface area contributed by atoms with E-state index in [1.54, 1.807) is 12.1 Å². The molecule has 1 heterocycles. The van der Waals surface area contributed by atoms with Crippen LogP contribution < -0.4 is 10.5 Å². The highest BCUT2D eigenvalue weighted by atomic mass is 19.3. The van der Waals surface area contributed by atoms with E-state index < -0.39 is 6.61 Å². The molecule has 2 rings (SSSR count). The highest BCUT2D eigenvalue weighted by Gasteiger charge is 2.28. The Labute approximate surface area is 112 Å². The maximum Gasteiger partial charge on any atom is 0.387 e. The molecular formula is C14H20F2N2O. The quantitative estimate of drug-likeness (QED) is 0.894. The summed E-state index contributed by atoms with van der Waals surface area (Å²) >= 11 is 0. The van der Waals surface area contributed by atoms with Crippen LogP contribution in [0.25, 0.3) is 0 Å². The van der Waals surface area contributed by atoms with Gasteiger partial charge in [-0.1, -0.05) is 25.1 Å². The molecule has 1 aromatic carbocycles. The van der Waals surface area contributed by atoms with E-state index in [1.807, 2.05) is 12.1 Å². The van der Waals surface area contributed by atoms with Gasteiger partial charge >= 0.3 is 6.61 Å². The summed E-state index contributed by atoms with van der Waals surface area (Å²) in [5.41, 5.74) is 6.59. The molecule has 0 spiro atoms. The van der Waals surface area contributed by atoms with Crippen LogP contribution in [0, 0.1) is 5.92 Å². The fraction of sp³-hybridized carbons (Fsp3) is 0.571. The van der Waals surface area contributed by atoms with Gasteiger partial charge in [0.1, 0.15) is 5.75 Å². The first kappa shape index (κ1) is 14.2. The van der Waals surface area contributed by atoms with Crippen molar-refractivity contribution >= 4 is 0 Å². The van der Waals surface area contributed by atoms with Gasteiger partial charge < -0.3 is 10.5 Å². The van der Waals surface area contributed by atoms with Gasteiger partial charge in [0.05, 0.1) is 6.04 Å². The molecule has 0 amide bonds. The van der Waals surface area contributed by atoms with Crippen LogP contribution in [0.3, 0.4) is 0 Å². The van der Waals surface area contributed by atoms with E-state index in [0.717, 1.165) is 25.1 Å². The van der Waals surface area contributed by atoms with Crippen LogP contribution in [-0.2, 0) is 0 Å². The second-order valence-electron chi connectivity index (χ2n) is 5.06. The van der Waals surface area contributed by atoms with Crippen LogP contribution in [0.2, 0.25) is 0 Å². The van der Waals surface area contributed by atoms with Crippen molar-refractivity contribution in [2.45, 2.75) is 26.0 Å². The minimum atomic E-state index is -2.81. The molecule has 1 fully saturated rings. The summed E-state index contributed by atoms with van der Waals surface area (Å²) in [6.07, 6.45) is 1.12. The van der Waals surface area contributed by atoms with Gasteiger partial charge in [-0.25, -0.2) is 0 Å². The lowest BCUT2D eigenvalue weighted by Gasteiger charge is -2.28. The molecule has 2 atom stereocenters. The van der Waals surface area contributed by atoms with E-state index in [-0.39, 0.29) is 11.8 Å². The number of likely N-dealkylation sites (tertiary alicyclic amines) is 1. The Morgan fingerprint density at radius 1 is 1.42 bits per heavy atom. The van der Waals surface area contributed by atoms with Crippen molar-refractivity contribution in [2.75, 3.05) is 19.6 Å². The predicted octanol–water partition coefficient (Wildman–Crippen LogP) is 2.63. The second kappa shape index (κ2) is 6.30. The number of hydrogen-bond donors (Lipinski definition) is 1. The van der Waals surface area contributed by atoms with Crippen molar-refractivity contribution in [2.24, 2.45) is 11.7 Å². The molecule has 0 aliphatic carbocycles.